The first-order valence-electron chi connectivity index (χ1n) is 8.89. The molecule has 0 heterocycles. The Hall–Kier alpha value is -2.47. The lowest BCUT2D eigenvalue weighted by molar-refractivity contribution is -0.120. The molecule has 0 aliphatic rings. The van der Waals surface area contributed by atoms with Gasteiger partial charge in [0.25, 0.3) is 0 Å². The largest absolute Gasteiger partial charge is 0.492 e. The number of carbonyl (C=O) groups is 2. The zero-order chi connectivity index (χ0) is 19.6. The molecular weight excluding hydrogens is 360 g/mol. The van der Waals surface area contributed by atoms with E-state index in [1.165, 1.54) is 17.3 Å². The lowest BCUT2D eigenvalue weighted by atomic mass is 10.2. The number of hydrogen-bond donors (Lipinski definition) is 2. The molecule has 2 N–H and O–H groups in total. The fourth-order valence-electron chi connectivity index (χ4n) is 2.23. The van der Waals surface area contributed by atoms with Crippen molar-refractivity contribution in [3.05, 3.63) is 59.7 Å². The fraction of sp³-hybridized carbons (Fsp3) is 0.333. The van der Waals surface area contributed by atoms with Gasteiger partial charge in [-0.15, -0.1) is 11.8 Å². The van der Waals surface area contributed by atoms with Crippen LogP contribution in [0.4, 0.5) is 5.69 Å². The van der Waals surface area contributed by atoms with Crippen molar-refractivity contribution in [2.24, 2.45) is 0 Å². The Morgan fingerprint density at radius 3 is 2.22 bits per heavy atom. The van der Waals surface area contributed by atoms with Crippen molar-refractivity contribution < 1.29 is 14.3 Å². The summed E-state index contributed by atoms with van der Waals surface area (Å²) in [5.74, 6) is 0.786. The van der Waals surface area contributed by atoms with Crippen LogP contribution >= 0.6 is 11.8 Å². The maximum absolute atomic E-state index is 12.1. The highest BCUT2D eigenvalue weighted by Crippen LogP contribution is 2.13. The van der Waals surface area contributed by atoms with Gasteiger partial charge in [-0.1, -0.05) is 35.4 Å². The number of thioether (sulfide) groups is 1. The van der Waals surface area contributed by atoms with E-state index in [4.69, 9.17) is 4.74 Å². The van der Waals surface area contributed by atoms with E-state index in [2.05, 4.69) is 10.6 Å². The van der Waals surface area contributed by atoms with Gasteiger partial charge in [0, 0.05) is 5.69 Å². The molecule has 0 aromatic heterocycles. The summed E-state index contributed by atoms with van der Waals surface area (Å²) in [5.41, 5.74) is 3.07. The second-order valence-electron chi connectivity index (χ2n) is 6.32. The van der Waals surface area contributed by atoms with Crippen molar-refractivity contribution in [1.29, 1.82) is 0 Å². The average Bonchev–Trinajstić information content (AvgIpc) is 2.66. The third-order valence-corrected chi connectivity index (χ3v) is 5.00. The molecule has 0 radical (unpaired) electrons. The molecule has 2 amide bonds. The van der Waals surface area contributed by atoms with Crippen LogP contribution in [-0.4, -0.2) is 36.0 Å². The van der Waals surface area contributed by atoms with Crippen LogP contribution in [0.1, 0.15) is 18.1 Å². The van der Waals surface area contributed by atoms with Crippen molar-refractivity contribution in [3.8, 4) is 5.75 Å². The molecule has 0 fully saturated rings. The van der Waals surface area contributed by atoms with E-state index in [9.17, 15) is 9.59 Å². The second kappa shape index (κ2) is 10.6. The molecule has 2 aromatic carbocycles. The number of carbonyl (C=O) groups excluding carboxylic acids is 2. The highest BCUT2D eigenvalue weighted by Gasteiger charge is 2.15. The molecule has 6 heteroatoms. The lowest BCUT2D eigenvalue weighted by Crippen LogP contribution is -2.34. The summed E-state index contributed by atoms with van der Waals surface area (Å²) in [4.78, 5) is 24.1. The number of hydrogen-bond acceptors (Lipinski definition) is 4. The van der Waals surface area contributed by atoms with E-state index < -0.39 is 0 Å². The highest BCUT2D eigenvalue weighted by molar-refractivity contribution is 8.01. The van der Waals surface area contributed by atoms with Crippen molar-refractivity contribution in [3.63, 3.8) is 0 Å². The third kappa shape index (κ3) is 7.74. The first kappa shape index (κ1) is 20.8. The molecule has 0 saturated carbocycles. The number of aryl methyl sites for hydroxylation is 2. The average molecular weight is 387 g/mol. The molecule has 2 rings (SSSR count). The number of ether oxygens (including phenoxy) is 1. The van der Waals surface area contributed by atoms with Crippen LogP contribution in [0.5, 0.6) is 5.75 Å². The summed E-state index contributed by atoms with van der Waals surface area (Å²) < 4.78 is 5.58. The van der Waals surface area contributed by atoms with Gasteiger partial charge in [0.1, 0.15) is 12.4 Å². The minimum Gasteiger partial charge on any atom is -0.492 e. The van der Waals surface area contributed by atoms with Crippen LogP contribution in [0, 0.1) is 13.8 Å². The molecule has 0 spiro atoms. The first-order valence-corrected chi connectivity index (χ1v) is 9.94. The summed E-state index contributed by atoms with van der Waals surface area (Å²) in [6.45, 7) is 6.63. The Morgan fingerprint density at radius 2 is 1.59 bits per heavy atom. The summed E-state index contributed by atoms with van der Waals surface area (Å²) >= 11 is 1.31. The Kier molecular flexibility index (Phi) is 8.20. The van der Waals surface area contributed by atoms with E-state index in [1.807, 2.05) is 62.4 Å². The zero-order valence-electron chi connectivity index (χ0n) is 16.0. The molecule has 1 unspecified atom stereocenters. The normalized spacial score (nSPS) is 11.5. The zero-order valence-corrected chi connectivity index (χ0v) is 16.8. The van der Waals surface area contributed by atoms with Crippen LogP contribution < -0.4 is 15.4 Å². The molecule has 5 nitrogen and oxygen atoms in total. The van der Waals surface area contributed by atoms with Gasteiger partial charge in [-0.25, -0.2) is 0 Å². The van der Waals surface area contributed by atoms with Gasteiger partial charge in [-0.05, 0) is 45.0 Å². The van der Waals surface area contributed by atoms with Crippen LogP contribution in [0.25, 0.3) is 0 Å². The van der Waals surface area contributed by atoms with E-state index >= 15 is 0 Å². The molecule has 0 aliphatic carbocycles. The van der Waals surface area contributed by atoms with E-state index in [1.54, 1.807) is 6.92 Å². The lowest BCUT2D eigenvalue weighted by Gasteiger charge is -2.13. The molecule has 0 bridgehead atoms. The second-order valence-corrected chi connectivity index (χ2v) is 7.65. The molecule has 0 aliphatic heterocycles. The molecule has 27 heavy (non-hydrogen) atoms. The van der Waals surface area contributed by atoms with E-state index in [0.717, 1.165) is 17.0 Å². The minimum atomic E-state index is -0.312. The minimum absolute atomic E-state index is 0.101. The molecule has 0 saturated heterocycles. The van der Waals surface area contributed by atoms with Crippen LogP contribution in [0.3, 0.4) is 0 Å². The van der Waals surface area contributed by atoms with Gasteiger partial charge < -0.3 is 15.4 Å². The van der Waals surface area contributed by atoms with Gasteiger partial charge in [0.15, 0.2) is 0 Å². The number of amides is 2. The predicted molar refractivity (Wildman–Crippen MR) is 111 cm³/mol. The summed E-state index contributed by atoms with van der Waals surface area (Å²) in [5, 5.41) is 5.34. The number of anilines is 1. The van der Waals surface area contributed by atoms with Crippen LogP contribution in [-0.2, 0) is 9.59 Å². The summed E-state index contributed by atoms with van der Waals surface area (Å²) in [7, 11) is 0. The molecular formula is C21H26N2O3S. The van der Waals surface area contributed by atoms with Crippen LogP contribution in [0.15, 0.2) is 48.5 Å². The molecule has 1 atom stereocenters. The van der Waals surface area contributed by atoms with Crippen LogP contribution in [0.2, 0.25) is 0 Å². The standard InChI is InChI=1S/C21H26N2O3S/c1-15-4-8-18(9-5-15)23-20(24)14-27-17(3)21(25)22-12-13-26-19-10-6-16(2)7-11-19/h4-11,17H,12-14H2,1-3H3,(H,22,25)(H,23,24). The number of rotatable bonds is 9. The van der Waals surface area contributed by atoms with Crippen molar-refractivity contribution in [2.45, 2.75) is 26.0 Å². The van der Waals surface area contributed by atoms with Crippen molar-refractivity contribution >= 4 is 29.3 Å². The van der Waals surface area contributed by atoms with Gasteiger partial charge in [-0.2, -0.15) is 0 Å². The maximum Gasteiger partial charge on any atom is 0.234 e. The predicted octanol–water partition coefficient (Wildman–Crippen LogP) is 3.56. The number of nitrogens with one attached hydrogen (secondary N) is 2. The number of benzene rings is 2. The highest BCUT2D eigenvalue weighted by atomic mass is 32.2. The smallest absolute Gasteiger partial charge is 0.234 e. The summed E-state index contributed by atoms with van der Waals surface area (Å²) in [6.07, 6.45) is 0. The first-order chi connectivity index (χ1) is 12.9. The topological polar surface area (TPSA) is 67.4 Å². The third-order valence-electron chi connectivity index (χ3n) is 3.86. The van der Waals surface area contributed by atoms with Gasteiger partial charge >= 0.3 is 0 Å². The Labute approximate surface area is 164 Å². The maximum atomic E-state index is 12.1. The van der Waals surface area contributed by atoms with Crippen molar-refractivity contribution in [2.75, 3.05) is 24.2 Å². The quantitative estimate of drug-likeness (QED) is 0.647. The van der Waals surface area contributed by atoms with Gasteiger partial charge in [0.2, 0.25) is 11.8 Å². The van der Waals surface area contributed by atoms with Gasteiger partial charge in [-0.3, -0.25) is 9.59 Å². The Balaban J connectivity index is 1.62. The molecule has 2 aromatic rings. The fourth-order valence-corrected chi connectivity index (χ4v) is 2.94. The van der Waals surface area contributed by atoms with E-state index in [-0.39, 0.29) is 22.8 Å². The molecule has 144 valence electrons. The monoisotopic (exact) mass is 386 g/mol. The van der Waals surface area contributed by atoms with E-state index in [0.29, 0.717) is 13.2 Å². The van der Waals surface area contributed by atoms with Gasteiger partial charge in [0.05, 0.1) is 17.5 Å². The van der Waals surface area contributed by atoms with Crippen molar-refractivity contribution in [1.82, 2.24) is 5.32 Å². The summed E-state index contributed by atoms with van der Waals surface area (Å²) in [6, 6.07) is 15.4. The Morgan fingerprint density at radius 1 is 1.00 bits per heavy atom. The SMILES string of the molecule is Cc1ccc(NC(=O)CSC(C)C(=O)NCCOc2ccc(C)cc2)cc1. The Bertz CT molecular complexity index is 745.